The first-order chi connectivity index (χ1) is 13.0. The van der Waals surface area contributed by atoms with Crippen LogP contribution in [0.3, 0.4) is 0 Å². The lowest BCUT2D eigenvalue weighted by Crippen LogP contribution is -2.18. The molecule has 0 fully saturated rings. The summed E-state index contributed by atoms with van der Waals surface area (Å²) in [6.07, 6.45) is 0. The minimum Gasteiger partial charge on any atom is -0.351 e. The Bertz CT molecular complexity index is 955. The van der Waals surface area contributed by atoms with Crippen molar-refractivity contribution in [3.8, 4) is 0 Å². The molecule has 0 bridgehead atoms. The summed E-state index contributed by atoms with van der Waals surface area (Å²) in [5, 5.41) is 6.32. The van der Waals surface area contributed by atoms with Crippen molar-refractivity contribution in [2.24, 2.45) is 0 Å². The summed E-state index contributed by atoms with van der Waals surface area (Å²) in [5.41, 5.74) is 0.723. The summed E-state index contributed by atoms with van der Waals surface area (Å²) in [5.74, 6) is -0.260. The predicted octanol–water partition coefficient (Wildman–Crippen LogP) is 5.44. The normalized spacial score (nSPS) is 10.4. The lowest BCUT2D eigenvalue weighted by molar-refractivity contribution is -0.119. The Morgan fingerprint density at radius 3 is 2.48 bits per heavy atom. The highest BCUT2D eigenvalue weighted by molar-refractivity contribution is 7.99. The largest absolute Gasteiger partial charge is 0.351 e. The smallest absolute Gasteiger partial charge is 0.265 e. The fourth-order valence-corrected chi connectivity index (χ4v) is 4.19. The predicted molar refractivity (Wildman–Crippen MR) is 112 cm³/mol. The maximum Gasteiger partial charge on any atom is 0.265 e. The van der Waals surface area contributed by atoms with Crippen LogP contribution in [0.4, 0.5) is 5.69 Å². The standard InChI is InChI=1S/C20H17ClN2O2S2/c1-13(24)22-12-16-10-11-19(27-16)20(25)23-14-6-8-15(9-7-14)26-18-5-3-2-4-17(18)21/h2-11H,12H2,1H3,(H,22,24)(H,23,25). The van der Waals surface area contributed by atoms with E-state index in [2.05, 4.69) is 10.6 Å². The van der Waals surface area contributed by atoms with Gasteiger partial charge in [0.2, 0.25) is 5.91 Å². The number of amides is 2. The molecule has 7 heteroatoms. The molecule has 0 aliphatic heterocycles. The summed E-state index contributed by atoms with van der Waals surface area (Å²) < 4.78 is 0. The van der Waals surface area contributed by atoms with E-state index in [-0.39, 0.29) is 11.8 Å². The summed E-state index contributed by atoms with van der Waals surface area (Å²) in [4.78, 5) is 26.9. The number of thiophene rings is 1. The van der Waals surface area contributed by atoms with Gasteiger partial charge >= 0.3 is 0 Å². The zero-order valence-electron chi connectivity index (χ0n) is 14.5. The number of halogens is 1. The van der Waals surface area contributed by atoms with Crippen LogP contribution in [-0.4, -0.2) is 11.8 Å². The third-order valence-electron chi connectivity index (χ3n) is 3.57. The van der Waals surface area contributed by atoms with Crippen LogP contribution in [0.5, 0.6) is 0 Å². The molecule has 2 aromatic carbocycles. The van der Waals surface area contributed by atoms with E-state index in [0.29, 0.717) is 16.4 Å². The molecule has 138 valence electrons. The Kier molecular flexibility index (Phi) is 6.55. The molecule has 0 spiro atoms. The van der Waals surface area contributed by atoms with E-state index in [1.165, 1.54) is 18.3 Å². The number of nitrogens with one attached hydrogen (secondary N) is 2. The van der Waals surface area contributed by atoms with Crippen molar-refractivity contribution >= 4 is 52.2 Å². The van der Waals surface area contributed by atoms with E-state index < -0.39 is 0 Å². The second kappa shape index (κ2) is 9.08. The second-order valence-electron chi connectivity index (χ2n) is 5.69. The number of anilines is 1. The highest BCUT2D eigenvalue weighted by atomic mass is 35.5. The SMILES string of the molecule is CC(=O)NCc1ccc(C(=O)Nc2ccc(Sc3ccccc3Cl)cc2)s1. The number of carbonyl (C=O) groups excluding carboxylic acids is 2. The Hall–Kier alpha value is -2.28. The van der Waals surface area contributed by atoms with E-state index in [0.717, 1.165) is 20.4 Å². The van der Waals surface area contributed by atoms with Gasteiger partial charge in [-0.2, -0.15) is 0 Å². The number of rotatable bonds is 6. The van der Waals surface area contributed by atoms with Gasteiger partial charge in [0, 0.05) is 27.3 Å². The van der Waals surface area contributed by atoms with Crippen molar-refractivity contribution in [1.82, 2.24) is 5.32 Å². The quantitative estimate of drug-likeness (QED) is 0.562. The summed E-state index contributed by atoms with van der Waals surface area (Å²) in [6, 6.07) is 18.9. The summed E-state index contributed by atoms with van der Waals surface area (Å²) in [6.45, 7) is 1.90. The second-order valence-corrected chi connectivity index (χ2v) is 8.38. The van der Waals surface area contributed by atoms with Crippen LogP contribution in [0.15, 0.2) is 70.5 Å². The Morgan fingerprint density at radius 1 is 1.04 bits per heavy atom. The average molecular weight is 417 g/mol. The molecule has 0 aliphatic rings. The monoisotopic (exact) mass is 416 g/mol. The van der Waals surface area contributed by atoms with Gasteiger partial charge in [-0.1, -0.05) is 35.5 Å². The van der Waals surface area contributed by atoms with Gasteiger partial charge in [-0.3, -0.25) is 9.59 Å². The molecule has 27 heavy (non-hydrogen) atoms. The van der Waals surface area contributed by atoms with Crippen molar-refractivity contribution < 1.29 is 9.59 Å². The van der Waals surface area contributed by atoms with E-state index in [9.17, 15) is 9.59 Å². The maximum atomic E-state index is 12.4. The molecular weight excluding hydrogens is 400 g/mol. The molecule has 0 saturated carbocycles. The highest BCUT2D eigenvalue weighted by Crippen LogP contribution is 2.33. The molecule has 0 unspecified atom stereocenters. The fourth-order valence-electron chi connectivity index (χ4n) is 2.26. The fraction of sp³-hybridized carbons (Fsp3) is 0.100. The Labute approximate surface area is 170 Å². The van der Waals surface area contributed by atoms with Gasteiger partial charge in [0.15, 0.2) is 0 Å². The van der Waals surface area contributed by atoms with E-state index in [4.69, 9.17) is 11.6 Å². The van der Waals surface area contributed by atoms with Gasteiger partial charge in [0.05, 0.1) is 16.4 Å². The lowest BCUT2D eigenvalue weighted by atomic mass is 10.3. The number of benzene rings is 2. The third-order valence-corrected chi connectivity index (χ3v) is 6.18. The molecule has 0 atom stereocenters. The molecule has 2 amide bonds. The van der Waals surface area contributed by atoms with Crippen LogP contribution in [0, 0.1) is 0 Å². The van der Waals surface area contributed by atoms with E-state index in [1.54, 1.807) is 17.8 Å². The van der Waals surface area contributed by atoms with Crippen LogP contribution in [0.1, 0.15) is 21.5 Å². The van der Waals surface area contributed by atoms with Crippen LogP contribution in [-0.2, 0) is 11.3 Å². The maximum absolute atomic E-state index is 12.4. The third kappa shape index (κ3) is 5.60. The van der Waals surface area contributed by atoms with E-state index >= 15 is 0 Å². The van der Waals surface area contributed by atoms with Gasteiger partial charge in [-0.05, 0) is 48.5 Å². The van der Waals surface area contributed by atoms with Crippen molar-refractivity contribution in [2.75, 3.05) is 5.32 Å². The molecule has 0 radical (unpaired) electrons. The minimum atomic E-state index is -0.166. The molecule has 4 nitrogen and oxygen atoms in total. The summed E-state index contributed by atoms with van der Waals surface area (Å²) in [7, 11) is 0. The van der Waals surface area contributed by atoms with Crippen LogP contribution in [0.25, 0.3) is 0 Å². The van der Waals surface area contributed by atoms with Crippen molar-refractivity contribution in [2.45, 2.75) is 23.3 Å². The average Bonchev–Trinajstić information content (AvgIpc) is 3.13. The van der Waals surface area contributed by atoms with Gasteiger partial charge in [0.25, 0.3) is 5.91 Å². The van der Waals surface area contributed by atoms with Gasteiger partial charge in [-0.15, -0.1) is 11.3 Å². The first-order valence-corrected chi connectivity index (χ1v) is 10.2. The summed E-state index contributed by atoms with van der Waals surface area (Å²) >= 11 is 9.12. The molecular formula is C20H17ClN2O2S2. The Balaban J connectivity index is 1.60. The number of carbonyl (C=O) groups is 2. The lowest BCUT2D eigenvalue weighted by Gasteiger charge is -2.06. The highest BCUT2D eigenvalue weighted by Gasteiger charge is 2.10. The molecule has 2 N–H and O–H groups in total. The first kappa shape index (κ1) is 19.5. The van der Waals surface area contributed by atoms with Crippen LogP contribution < -0.4 is 10.6 Å². The first-order valence-electron chi connectivity index (χ1n) is 8.18. The molecule has 3 rings (SSSR count). The number of hydrogen-bond donors (Lipinski definition) is 2. The Morgan fingerprint density at radius 2 is 1.78 bits per heavy atom. The van der Waals surface area contributed by atoms with Crippen molar-refractivity contribution in [1.29, 1.82) is 0 Å². The van der Waals surface area contributed by atoms with Crippen LogP contribution >= 0.6 is 34.7 Å². The molecule has 0 saturated heterocycles. The van der Waals surface area contributed by atoms with Crippen LogP contribution in [0.2, 0.25) is 5.02 Å². The zero-order valence-corrected chi connectivity index (χ0v) is 16.9. The van der Waals surface area contributed by atoms with Gasteiger partial charge in [0.1, 0.15) is 0 Å². The van der Waals surface area contributed by atoms with E-state index in [1.807, 2.05) is 54.6 Å². The zero-order chi connectivity index (χ0) is 19.2. The van der Waals surface area contributed by atoms with Crippen molar-refractivity contribution in [3.05, 3.63) is 75.4 Å². The molecule has 3 aromatic rings. The molecule has 1 heterocycles. The number of hydrogen-bond acceptors (Lipinski definition) is 4. The van der Waals surface area contributed by atoms with Gasteiger partial charge < -0.3 is 10.6 Å². The topological polar surface area (TPSA) is 58.2 Å². The molecule has 1 aromatic heterocycles. The van der Waals surface area contributed by atoms with Crippen molar-refractivity contribution in [3.63, 3.8) is 0 Å². The van der Waals surface area contributed by atoms with Gasteiger partial charge in [-0.25, -0.2) is 0 Å². The minimum absolute atomic E-state index is 0.0934. The molecule has 0 aliphatic carbocycles.